The fourth-order valence-electron chi connectivity index (χ4n) is 3.77. The minimum atomic E-state index is -0.338. The van der Waals surface area contributed by atoms with E-state index in [-0.39, 0.29) is 28.1 Å². The lowest BCUT2D eigenvalue weighted by molar-refractivity contribution is 0.0664. The van der Waals surface area contributed by atoms with Gasteiger partial charge in [0.15, 0.2) is 0 Å². The number of carbonyl (C=O) groups excluding carboxylic acids is 1. The van der Waals surface area contributed by atoms with Gasteiger partial charge in [-0.1, -0.05) is 6.07 Å². The number of likely N-dealkylation sites (N-methyl/N-ethyl adjacent to an activating group) is 1. The van der Waals surface area contributed by atoms with E-state index in [9.17, 15) is 14.7 Å². The van der Waals surface area contributed by atoms with Gasteiger partial charge < -0.3 is 24.6 Å². The molecule has 0 unspecified atom stereocenters. The number of aromatic hydroxyl groups is 1. The first-order chi connectivity index (χ1) is 14.5. The van der Waals surface area contributed by atoms with Crippen LogP contribution in [0.3, 0.4) is 0 Å². The normalized spacial score (nSPS) is 14.9. The number of methoxy groups -OCH3 is 1. The standard InChI is InChI=1S/C22H24N4O4/c1-25-5-7-26(8-6-25)22(29)14-3-4-15(12-30-2)17(9-14)16-10-18-20(19(27)11-16)23-13-24-21(18)28/h3-4,9-11,13,27H,5-8,12H2,1-2H3,(H,23,24,28). The fraction of sp³-hybridized carbons (Fsp3) is 0.318. The molecule has 2 heterocycles. The number of aromatic amines is 1. The van der Waals surface area contributed by atoms with Crippen molar-refractivity contribution in [3.63, 3.8) is 0 Å². The maximum atomic E-state index is 13.1. The van der Waals surface area contributed by atoms with Crippen LogP contribution in [0, 0.1) is 0 Å². The van der Waals surface area contributed by atoms with E-state index < -0.39 is 0 Å². The Labute approximate surface area is 173 Å². The lowest BCUT2D eigenvalue weighted by Gasteiger charge is -2.32. The molecule has 156 valence electrons. The van der Waals surface area contributed by atoms with E-state index >= 15 is 0 Å². The highest BCUT2D eigenvalue weighted by atomic mass is 16.5. The van der Waals surface area contributed by atoms with E-state index in [1.165, 1.54) is 6.33 Å². The summed E-state index contributed by atoms with van der Waals surface area (Å²) in [6, 6.07) is 8.71. The zero-order valence-corrected chi connectivity index (χ0v) is 17.0. The van der Waals surface area contributed by atoms with Crippen LogP contribution in [0.1, 0.15) is 15.9 Å². The summed E-state index contributed by atoms with van der Waals surface area (Å²) < 4.78 is 5.32. The molecule has 0 aliphatic carbocycles. The summed E-state index contributed by atoms with van der Waals surface area (Å²) in [7, 11) is 3.64. The van der Waals surface area contributed by atoms with Crippen molar-refractivity contribution >= 4 is 16.8 Å². The van der Waals surface area contributed by atoms with Gasteiger partial charge in [-0.15, -0.1) is 0 Å². The molecule has 8 nitrogen and oxygen atoms in total. The second-order valence-corrected chi connectivity index (χ2v) is 7.52. The van der Waals surface area contributed by atoms with E-state index in [2.05, 4.69) is 14.9 Å². The van der Waals surface area contributed by atoms with Gasteiger partial charge in [0.2, 0.25) is 0 Å². The molecule has 1 fully saturated rings. The fourth-order valence-corrected chi connectivity index (χ4v) is 3.77. The lowest BCUT2D eigenvalue weighted by atomic mass is 9.95. The van der Waals surface area contributed by atoms with Gasteiger partial charge in [0.05, 0.1) is 18.3 Å². The Bertz CT molecular complexity index is 1150. The highest BCUT2D eigenvalue weighted by molar-refractivity contribution is 5.97. The molecule has 4 rings (SSSR count). The van der Waals surface area contributed by atoms with Crippen LogP contribution in [-0.4, -0.2) is 71.1 Å². The van der Waals surface area contributed by atoms with Gasteiger partial charge in [0.25, 0.3) is 11.5 Å². The molecule has 1 aliphatic heterocycles. The minimum Gasteiger partial charge on any atom is -0.506 e. The van der Waals surface area contributed by atoms with Crippen LogP contribution < -0.4 is 5.56 Å². The molecule has 0 bridgehead atoms. The second-order valence-electron chi connectivity index (χ2n) is 7.52. The molecule has 1 amide bonds. The molecule has 30 heavy (non-hydrogen) atoms. The van der Waals surface area contributed by atoms with Crippen LogP contribution in [0.5, 0.6) is 5.75 Å². The van der Waals surface area contributed by atoms with Crippen molar-refractivity contribution < 1.29 is 14.6 Å². The van der Waals surface area contributed by atoms with Crippen LogP contribution in [0.4, 0.5) is 0 Å². The SMILES string of the molecule is COCc1ccc(C(=O)N2CCN(C)CC2)cc1-c1cc(O)c2nc[nH]c(=O)c2c1. The number of nitrogens with zero attached hydrogens (tertiary/aromatic N) is 3. The van der Waals surface area contributed by atoms with Crippen molar-refractivity contribution in [2.75, 3.05) is 40.3 Å². The predicted octanol–water partition coefficient (Wildman–Crippen LogP) is 1.83. The Morgan fingerprint density at radius 1 is 1.20 bits per heavy atom. The largest absolute Gasteiger partial charge is 0.506 e. The topological polar surface area (TPSA) is 98.8 Å². The summed E-state index contributed by atoms with van der Waals surface area (Å²) in [6.07, 6.45) is 1.26. The Kier molecular flexibility index (Phi) is 5.52. The molecular weight excluding hydrogens is 384 g/mol. The number of rotatable bonds is 4. The summed E-state index contributed by atoms with van der Waals surface area (Å²) in [5, 5.41) is 10.7. The Morgan fingerprint density at radius 3 is 2.70 bits per heavy atom. The van der Waals surface area contributed by atoms with Crippen LogP contribution in [0.2, 0.25) is 0 Å². The third kappa shape index (κ3) is 3.79. The Balaban J connectivity index is 1.79. The van der Waals surface area contributed by atoms with Crippen LogP contribution >= 0.6 is 0 Å². The lowest BCUT2D eigenvalue weighted by Crippen LogP contribution is -2.47. The molecule has 1 saturated heterocycles. The second kappa shape index (κ2) is 8.25. The highest BCUT2D eigenvalue weighted by Gasteiger charge is 2.22. The van der Waals surface area contributed by atoms with E-state index in [0.29, 0.717) is 30.8 Å². The van der Waals surface area contributed by atoms with Gasteiger partial charge in [-0.05, 0) is 48.0 Å². The number of phenolic OH excluding ortho intramolecular Hbond substituents is 1. The summed E-state index contributed by atoms with van der Waals surface area (Å²) >= 11 is 0. The van der Waals surface area contributed by atoms with E-state index in [4.69, 9.17) is 4.74 Å². The molecule has 8 heteroatoms. The summed E-state index contributed by atoms with van der Waals surface area (Å²) in [5.41, 5.74) is 2.67. The molecule has 0 radical (unpaired) electrons. The minimum absolute atomic E-state index is 0.0298. The number of hydrogen-bond donors (Lipinski definition) is 2. The number of amides is 1. The van der Waals surface area contributed by atoms with Gasteiger partial charge in [-0.2, -0.15) is 0 Å². The number of fused-ring (bicyclic) bond motifs is 1. The van der Waals surface area contributed by atoms with Crippen molar-refractivity contribution in [3.8, 4) is 16.9 Å². The van der Waals surface area contributed by atoms with Gasteiger partial charge >= 0.3 is 0 Å². The van der Waals surface area contributed by atoms with Crippen molar-refractivity contribution in [2.45, 2.75) is 6.61 Å². The number of H-pyrrole nitrogens is 1. The number of hydrogen-bond acceptors (Lipinski definition) is 6. The van der Waals surface area contributed by atoms with E-state index in [1.54, 1.807) is 31.4 Å². The predicted molar refractivity (Wildman–Crippen MR) is 114 cm³/mol. The Hall–Kier alpha value is -3.23. The molecule has 2 aromatic carbocycles. The first-order valence-electron chi connectivity index (χ1n) is 9.78. The van der Waals surface area contributed by atoms with Crippen LogP contribution in [0.15, 0.2) is 41.5 Å². The average Bonchev–Trinajstić information content (AvgIpc) is 2.75. The summed E-state index contributed by atoms with van der Waals surface area (Å²) in [5.74, 6) is -0.120. The molecule has 0 atom stereocenters. The first-order valence-corrected chi connectivity index (χ1v) is 9.78. The van der Waals surface area contributed by atoms with Gasteiger partial charge in [-0.3, -0.25) is 9.59 Å². The van der Waals surface area contributed by atoms with E-state index in [1.807, 2.05) is 18.0 Å². The molecule has 3 aromatic rings. The monoisotopic (exact) mass is 408 g/mol. The van der Waals surface area contributed by atoms with Crippen molar-refractivity contribution in [1.82, 2.24) is 19.8 Å². The summed E-state index contributed by atoms with van der Waals surface area (Å²) in [4.78, 5) is 35.9. The molecule has 1 aromatic heterocycles. The molecule has 0 saturated carbocycles. The number of benzene rings is 2. The molecular formula is C22H24N4O4. The quantitative estimate of drug-likeness (QED) is 0.683. The maximum absolute atomic E-state index is 13.1. The third-order valence-corrected chi connectivity index (χ3v) is 5.48. The maximum Gasteiger partial charge on any atom is 0.258 e. The smallest absolute Gasteiger partial charge is 0.258 e. The molecule has 2 N–H and O–H groups in total. The number of piperazine rings is 1. The highest BCUT2D eigenvalue weighted by Crippen LogP contribution is 2.32. The van der Waals surface area contributed by atoms with Crippen LogP contribution in [-0.2, 0) is 11.3 Å². The van der Waals surface area contributed by atoms with E-state index in [0.717, 1.165) is 24.2 Å². The van der Waals surface area contributed by atoms with Crippen LogP contribution in [0.25, 0.3) is 22.0 Å². The van der Waals surface area contributed by atoms with Gasteiger partial charge in [0.1, 0.15) is 11.3 Å². The number of aromatic nitrogens is 2. The third-order valence-electron chi connectivity index (χ3n) is 5.48. The zero-order chi connectivity index (χ0) is 21.3. The van der Waals surface area contributed by atoms with Crippen molar-refractivity contribution in [2.24, 2.45) is 0 Å². The van der Waals surface area contributed by atoms with Gasteiger partial charge in [0, 0.05) is 38.9 Å². The average molecular weight is 408 g/mol. The summed E-state index contributed by atoms with van der Waals surface area (Å²) in [6.45, 7) is 3.38. The number of ether oxygens (including phenoxy) is 1. The van der Waals surface area contributed by atoms with Crippen molar-refractivity contribution in [3.05, 3.63) is 58.1 Å². The Morgan fingerprint density at radius 2 is 1.97 bits per heavy atom. The van der Waals surface area contributed by atoms with Crippen molar-refractivity contribution in [1.29, 1.82) is 0 Å². The first kappa shape index (κ1) is 20.1. The number of nitrogens with one attached hydrogen (secondary N) is 1. The number of phenols is 1. The van der Waals surface area contributed by atoms with Gasteiger partial charge in [-0.25, -0.2) is 4.98 Å². The molecule has 1 aliphatic rings. The number of carbonyl (C=O) groups is 1. The zero-order valence-electron chi connectivity index (χ0n) is 17.0. The molecule has 0 spiro atoms.